The maximum Gasteiger partial charge on any atom is 0.408 e. The lowest BCUT2D eigenvalue weighted by molar-refractivity contribution is -0.145. The first-order valence-electron chi connectivity index (χ1n) is 13.7. The number of aliphatic carboxylic acids is 1. The summed E-state index contributed by atoms with van der Waals surface area (Å²) in [7, 11) is 0. The zero-order valence-electron chi connectivity index (χ0n) is 23.2. The molecule has 1 aromatic heterocycles. The third-order valence-electron chi connectivity index (χ3n) is 7.58. The zero-order chi connectivity index (χ0) is 30.1. The molecule has 0 aromatic carbocycles. The number of alkyl carbamates (subject to hydrolysis) is 1. The number of amides is 3. The van der Waals surface area contributed by atoms with Crippen LogP contribution >= 0.6 is 31.9 Å². The fraction of sp³-hybridized carbons (Fsp3) is 0.630. The minimum absolute atomic E-state index is 0.0339. The van der Waals surface area contributed by atoms with Gasteiger partial charge in [0.2, 0.25) is 11.8 Å². The van der Waals surface area contributed by atoms with Gasteiger partial charge in [-0.3, -0.25) is 14.4 Å². The maximum atomic E-state index is 14.0. The Morgan fingerprint density at radius 3 is 2.61 bits per heavy atom. The molecule has 0 radical (unpaired) electrons. The van der Waals surface area contributed by atoms with Crippen molar-refractivity contribution in [2.75, 3.05) is 6.54 Å². The molecule has 1 aromatic rings. The second kappa shape index (κ2) is 12.2. The molecular formula is C27H35Br2N5O7. The van der Waals surface area contributed by atoms with Gasteiger partial charge in [-0.15, -0.1) is 0 Å². The van der Waals surface area contributed by atoms with Crippen molar-refractivity contribution >= 4 is 55.7 Å². The molecule has 3 heterocycles. The maximum absolute atomic E-state index is 14.0. The molecule has 0 bridgehead atoms. The summed E-state index contributed by atoms with van der Waals surface area (Å²) in [5.41, 5.74) is -2.68. The lowest BCUT2D eigenvalue weighted by Crippen LogP contribution is -2.56. The smallest absolute Gasteiger partial charge is 0.408 e. The first kappa shape index (κ1) is 31.2. The quantitative estimate of drug-likeness (QED) is 0.405. The summed E-state index contributed by atoms with van der Waals surface area (Å²) < 4.78 is 7.31. The number of halogens is 2. The number of fused-ring (bicyclic) bond motifs is 2. The van der Waals surface area contributed by atoms with Gasteiger partial charge in [0.1, 0.15) is 27.7 Å². The monoisotopic (exact) mass is 699 g/mol. The van der Waals surface area contributed by atoms with Gasteiger partial charge >= 0.3 is 12.1 Å². The highest BCUT2D eigenvalue weighted by Gasteiger charge is 2.61. The van der Waals surface area contributed by atoms with Crippen LogP contribution in [-0.4, -0.2) is 73.4 Å². The van der Waals surface area contributed by atoms with Crippen molar-refractivity contribution in [3.8, 4) is 0 Å². The first-order valence-corrected chi connectivity index (χ1v) is 15.3. The minimum atomic E-state index is -1.45. The van der Waals surface area contributed by atoms with E-state index >= 15 is 0 Å². The molecular weight excluding hydrogens is 666 g/mol. The Kier molecular flexibility index (Phi) is 9.32. The van der Waals surface area contributed by atoms with Crippen LogP contribution in [0.4, 0.5) is 4.79 Å². The van der Waals surface area contributed by atoms with Crippen LogP contribution < -0.4 is 16.2 Å². The molecule has 41 heavy (non-hydrogen) atoms. The molecule has 0 unspecified atom stereocenters. The Morgan fingerprint density at radius 2 is 1.93 bits per heavy atom. The number of hydrogen-bond donors (Lipinski definition) is 3. The normalized spacial score (nSPS) is 29.7. The van der Waals surface area contributed by atoms with E-state index in [9.17, 15) is 29.1 Å². The molecule has 5 atom stereocenters. The van der Waals surface area contributed by atoms with Gasteiger partial charge in [0.15, 0.2) is 0 Å². The van der Waals surface area contributed by atoms with E-state index in [0.717, 1.165) is 19.3 Å². The van der Waals surface area contributed by atoms with E-state index in [2.05, 4.69) is 47.6 Å². The number of ether oxygens (including phenoxy) is 1. The number of rotatable bonds is 3. The Bertz CT molecular complexity index is 1310. The van der Waals surface area contributed by atoms with Crippen LogP contribution in [0.15, 0.2) is 32.1 Å². The lowest BCUT2D eigenvalue weighted by atomic mass is 10.0. The summed E-state index contributed by atoms with van der Waals surface area (Å²) in [5, 5.41) is 19.6. The number of hydrogen-bond acceptors (Lipinski definition) is 7. The Balaban J connectivity index is 1.69. The standard InChI is InChI=1S/C27H35Br2N5O7/c1-26(2,3)41-25(40)31-18-10-8-6-4-5-7-9-15-12-27(15,24(38)39)32-21(35)19-11-16(14-33(19)22(18)36)34-23(37)20(29)17(28)13-30-34/h7,9,13,15-16,18-19H,4-6,8,10-12,14H2,1-3H3,(H,31,40)(H,32,35)(H,38,39)/b9-7-/t15-,16+,18-,19-,27+/m0/s1. The average molecular weight is 701 g/mol. The number of nitrogens with one attached hydrogen (secondary N) is 2. The summed E-state index contributed by atoms with van der Waals surface area (Å²) in [5.74, 6) is -2.64. The predicted molar refractivity (Wildman–Crippen MR) is 155 cm³/mol. The highest BCUT2D eigenvalue weighted by Crippen LogP contribution is 2.45. The highest BCUT2D eigenvalue weighted by atomic mass is 79.9. The summed E-state index contributed by atoms with van der Waals surface area (Å²) in [6.07, 6.45) is 8.04. The van der Waals surface area contributed by atoms with E-state index in [1.54, 1.807) is 20.8 Å². The van der Waals surface area contributed by atoms with Crippen molar-refractivity contribution < 1.29 is 29.0 Å². The van der Waals surface area contributed by atoms with Crippen LogP contribution in [0.5, 0.6) is 0 Å². The number of allylic oxidation sites excluding steroid dienone is 1. The molecule has 1 saturated carbocycles. The van der Waals surface area contributed by atoms with Crippen LogP contribution in [0, 0.1) is 5.92 Å². The SMILES string of the molecule is CC(C)(C)OC(=O)N[C@H]1CCCCC/C=C\[C@H]2C[C@@]2(C(=O)O)NC(=O)[C@@H]2C[C@@H](n3ncc(Br)c(Br)c3=O)CN2C1=O. The fourth-order valence-electron chi connectivity index (χ4n) is 5.39. The Labute approximate surface area is 254 Å². The van der Waals surface area contributed by atoms with Gasteiger partial charge in [-0.05, 0) is 78.3 Å². The summed E-state index contributed by atoms with van der Waals surface area (Å²) >= 11 is 6.50. The second-order valence-electron chi connectivity index (χ2n) is 11.8. The van der Waals surface area contributed by atoms with E-state index in [0.29, 0.717) is 17.3 Å². The minimum Gasteiger partial charge on any atom is -0.479 e. The van der Waals surface area contributed by atoms with Crippen molar-refractivity contribution in [1.82, 2.24) is 25.3 Å². The van der Waals surface area contributed by atoms with Crippen molar-refractivity contribution in [2.45, 2.75) is 95.0 Å². The van der Waals surface area contributed by atoms with E-state index in [1.165, 1.54) is 15.8 Å². The molecule has 3 N–H and O–H groups in total. The van der Waals surface area contributed by atoms with Gasteiger partial charge in [0, 0.05) is 18.9 Å². The topological polar surface area (TPSA) is 160 Å². The van der Waals surface area contributed by atoms with E-state index in [4.69, 9.17) is 4.74 Å². The number of nitrogens with zero attached hydrogens (tertiary/aromatic N) is 3. The van der Waals surface area contributed by atoms with Crippen molar-refractivity contribution in [3.63, 3.8) is 0 Å². The van der Waals surface area contributed by atoms with Gasteiger partial charge < -0.3 is 25.4 Å². The van der Waals surface area contributed by atoms with Crippen LogP contribution in [0.3, 0.4) is 0 Å². The number of carbonyl (C=O) groups is 4. The number of carbonyl (C=O) groups excluding carboxylic acids is 3. The van der Waals surface area contributed by atoms with E-state index < -0.39 is 58.7 Å². The van der Waals surface area contributed by atoms with Crippen LogP contribution in [0.1, 0.15) is 71.8 Å². The molecule has 1 saturated heterocycles. The molecule has 3 amide bonds. The molecule has 1 aliphatic carbocycles. The van der Waals surface area contributed by atoms with Crippen molar-refractivity contribution in [2.24, 2.45) is 5.92 Å². The van der Waals surface area contributed by atoms with E-state index in [-0.39, 0.29) is 29.8 Å². The highest BCUT2D eigenvalue weighted by molar-refractivity contribution is 9.13. The third kappa shape index (κ3) is 7.02. The number of carboxylic acids is 1. The average Bonchev–Trinajstić information content (AvgIpc) is 3.40. The first-order chi connectivity index (χ1) is 19.2. The third-order valence-corrected chi connectivity index (χ3v) is 9.47. The molecule has 2 aliphatic heterocycles. The molecule has 3 aliphatic rings. The van der Waals surface area contributed by atoms with Gasteiger partial charge in [-0.25, -0.2) is 14.3 Å². The fourth-order valence-corrected chi connectivity index (χ4v) is 5.93. The van der Waals surface area contributed by atoms with Gasteiger partial charge in [0.25, 0.3) is 5.56 Å². The molecule has 12 nitrogen and oxygen atoms in total. The second-order valence-corrected chi connectivity index (χ2v) is 13.4. The summed E-state index contributed by atoms with van der Waals surface area (Å²) in [6, 6.07) is -2.73. The molecule has 14 heteroatoms. The van der Waals surface area contributed by atoms with Gasteiger partial charge in [-0.1, -0.05) is 25.0 Å². The zero-order valence-corrected chi connectivity index (χ0v) is 26.4. The van der Waals surface area contributed by atoms with Crippen molar-refractivity contribution in [1.29, 1.82) is 0 Å². The van der Waals surface area contributed by atoms with Crippen molar-refractivity contribution in [3.05, 3.63) is 37.6 Å². The number of aromatic nitrogens is 2. The largest absolute Gasteiger partial charge is 0.479 e. The lowest BCUT2D eigenvalue weighted by Gasteiger charge is -2.30. The molecule has 2 fully saturated rings. The van der Waals surface area contributed by atoms with Crippen LogP contribution in [0.2, 0.25) is 0 Å². The molecule has 4 rings (SSSR count). The Hall–Kier alpha value is -2.74. The number of carboxylic acid groups (broad SMARTS) is 1. The predicted octanol–water partition coefficient (Wildman–Crippen LogP) is 3.28. The molecule has 224 valence electrons. The van der Waals surface area contributed by atoms with E-state index in [1.807, 2.05) is 12.2 Å². The molecule has 0 spiro atoms. The van der Waals surface area contributed by atoms with Gasteiger partial charge in [0.05, 0.1) is 16.7 Å². The summed E-state index contributed by atoms with van der Waals surface area (Å²) in [4.78, 5) is 67.0. The summed E-state index contributed by atoms with van der Waals surface area (Å²) in [6.45, 7) is 5.12. The van der Waals surface area contributed by atoms with Crippen LogP contribution in [-0.2, 0) is 19.1 Å². The van der Waals surface area contributed by atoms with Gasteiger partial charge in [-0.2, -0.15) is 5.10 Å². The Morgan fingerprint density at radius 1 is 1.20 bits per heavy atom. The van der Waals surface area contributed by atoms with Crippen LogP contribution in [0.25, 0.3) is 0 Å².